The number of halogens is 1. The fourth-order valence-corrected chi connectivity index (χ4v) is 2.65. The molecule has 0 aliphatic rings. The van der Waals surface area contributed by atoms with Crippen LogP contribution in [-0.2, 0) is 9.53 Å². The van der Waals surface area contributed by atoms with Crippen LogP contribution in [0, 0.1) is 5.82 Å². The van der Waals surface area contributed by atoms with Crippen LogP contribution in [-0.4, -0.2) is 35.7 Å². The van der Waals surface area contributed by atoms with Crippen LogP contribution in [0.3, 0.4) is 0 Å². The molecule has 1 unspecified atom stereocenters. The number of aromatic nitrogens is 2. The van der Waals surface area contributed by atoms with Gasteiger partial charge in [-0.25, -0.2) is 4.39 Å². The number of esters is 1. The zero-order chi connectivity index (χ0) is 20.6. The van der Waals surface area contributed by atoms with Gasteiger partial charge in [0.05, 0.1) is 13.0 Å². The molecule has 8 heteroatoms. The molecule has 1 amide bonds. The first-order valence-electron chi connectivity index (χ1n) is 8.84. The summed E-state index contributed by atoms with van der Waals surface area (Å²) >= 11 is 0. The van der Waals surface area contributed by atoms with Crippen LogP contribution >= 0.6 is 0 Å². The molecule has 1 atom stereocenters. The number of hydrogen-bond donors (Lipinski definition) is 2. The molecule has 3 aromatic rings. The third kappa shape index (κ3) is 5.35. The monoisotopic (exact) mass is 394 g/mol. The number of amides is 1. The van der Waals surface area contributed by atoms with Gasteiger partial charge in [0.15, 0.2) is 5.69 Å². The fraction of sp³-hybridized carbons (Fsp3) is 0.143. The topological polar surface area (TPSA) is 93.2 Å². The number of carbonyl (C=O) groups is 2. The van der Waals surface area contributed by atoms with Crippen molar-refractivity contribution in [2.45, 2.75) is 5.92 Å². The Kier molecular flexibility index (Phi) is 6.47. The SMILES string of the molecule is COC(=O)C(CNc1ccc(C(=O)Nc2ccccc2)nn1)c1ccc(F)cc1. The summed E-state index contributed by atoms with van der Waals surface area (Å²) in [6.07, 6.45) is 0. The zero-order valence-electron chi connectivity index (χ0n) is 15.6. The lowest BCUT2D eigenvalue weighted by Gasteiger charge is -2.16. The molecule has 2 aromatic carbocycles. The molecule has 1 heterocycles. The number of anilines is 2. The van der Waals surface area contributed by atoms with Crippen molar-refractivity contribution in [1.82, 2.24) is 10.2 Å². The number of nitrogens with zero attached hydrogens (tertiary/aromatic N) is 2. The van der Waals surface area contributed by atoms with Gasteiger partial charge < -0.3 is 15.4 Å². The Balaban J connectivity index is 1.64. The van der Waals surface area contributed by atoms with E-state index in [1.807, 2.05) is 18.2 Å². The number of nitrogens with one attached hydrogen (secondary N) is 2. The van der Waals surface area contributed by atoms with Crippen molar-refractivity contribution in [2.24, 2.45) is 0 Å². The first-order valence-corrected chi connectivity index (χ1v) is 8.84. The van der Waals surface area contributed by atoms with E-state index >= 15 is 0 Å². The van der Waals surface area contributed by atoms with E-state index in [0.717, 1.165) is 0 Å². The summed E-state index contributed by atoms with van der Waals surface area (Å²) in [6, 6.07) is 17.8. The maximum atomic E-state index is 13.1. The molecule has 29 heavy (non-hydrogen) atoms. The summed E-state index contributed by atoms with van der Waals surface area (Å²) in [6.45, 7) is 0.169. The van der Waals surface area contributed by atoms with Gasteiger partial charge in [-0.1, -0.05) is 30.3 Å². The average molecular weight is 394 g/mol. The highest BCUT2D eigenvalue weighted by Crippen LogP contribution is 2.19. The van der Waals surface area contributed by atoms with E-state index in [2.05, 4.69) is 20.8 Å². The molecule has 148 valence electrons. The number of methoxy groups -OCH3 is 1. The van der Waals surface area contributed by atoms with Crippen molar-refractivity contribution in [3.05, 3.63) is 83.8 Å². The number of rotatable bonds is 7. The lowest BCUT2D eigenvalue weighted by Crippen LogP contribution is -2.23. The van der Waals surface area contributed by atoms with Gasteiger partial charge in [0, 0.05) is 12.2 Å². The predicted octanol–water partition coefficient (Wildman–Crippen LogP) is 3.24. The highest BCUT2D eigenvalue weighted by Gasteiger charge is 2.21. The third-order valence-corrected chi connectivity index (χ3v) is 4.17. The smallest absolute Gasteiger partial charge is 0.314 e. The van der Waals surface area contributed by atoms with Crippen LogP contribution in [0.2, 0.25) is 0 Å². The summed E-state index contributed by atoms with van der Waals surface area (Å²) in [4.78, 5) is 24.3. The summed E-state index contributed by atoms with van der Waals surface area (Å²) in [7, 11) is 1.29. The number of para-hydroxylation sites is 1. The third-order valence-electron chi connectivity index (χ3n) is 4.17. The Morgan fingerprint density at radius 3 is 2.34 bits per heavy atom. The quantitative estimate of drug-likeness (QED) is 0.598. The van der Waals surface area contributed by atoms with Crippen molar-refractivity contribution in [1.29, 1.82) is 0 Å². The van der Waals surface area contributed by atoms with Crippen LogP contribution < -0.4 is 10.6 Å². The second kappa shape index (κ2) is 9.41. The molecular formula is C21H19FN4O3. The van der Waals surface area contributed by atoms with Gasteiger partial charge in [0.2, 0.25) is 0 Å². The molecule has 0 bridgehead atoms. The lowest BCUT2D eigenvalue weighted by molar-refractivity contribution is -0.142. The van der Waals surface area contributed by atoms with Crippen LogP contribution in [0.15, 0.2) is 66.7 Å². The number of benzene rings is 2. The molecule has 7 nitrogen and oxygen atoms in total. The Morgan fingerprint density at radius 2 is 1.72 bits per heavy atom. The van der Waals surface area contributed by atoms with Crippen molar-refractivity contribution >= 4 is 23.4 Å². The first-order chi connectivity index (χ1) is 14.1. The van der Waals surface area contributed by atoms with Crippen molar-refractivity contribution in [3.63, 3.8) is 0 Å². The molecule has 0 aliphatic carbocycles. The van der Waals surface area contributed by atoms with Gasteiger partial charge in [-0.05, 0) is 42.0 Å². The minimum Gasteiger partial charge on any atom is -0.468 e. The van der Waals surface area contributed by atoms with Gasteiger partial charge in [-0.15, -0.1) is 10.2 Å². The molecule has 0 spiro atoms. The first kappa shape index (κ1) is 19.9. The molecule has 0 saturated heterocycles. The summed E-state index contributed by atoms with van der Waals surface area (Å²) in [5.41, 5.74) is 1.42. The highest BCUT2D eigenvalue weighted by molar-refractivity contribution is 6.02. The van der Waals surface area contributed by atoms with Crippen LogP contribution in [0.4, 0.5) is 15.9 Å². The molecule has 0 fully saturated rings. The Morgan fingerprint density at radius 1 is 1.00 bits per heavy atom. The standard InChI is InChI=1S/C21H19FN4O3/c1-29-21(28)17(14-7-9-15(22)10-8-14)13-23-19-12-11-18(25-26-19)20(27)24-16-5-3-2-4-6-16/h2-12,17H,13H2,1H3,(H,23,26)(H,24,27). The van der Waals surface area contributed by atoms with E-state index in [-0.39, 0.29) is 24.0 Å². The second-order valence-corrected chi connectivity index (χ2v) is 6.13. The number of ether oxygens (including phenoxy) is 1. The Labute approximate surface area is 166 Å². The van der Waals surface area contributed by atoms with Gasteiger partial charge in [0.25, 0.3) is 5.91 Å². The van der Waals surface area contributed by atoms with E-state index in [1.165, 1.54) is 37.4 Å². The highest BCUT2D eigenvalue weighted by atomic mass is 19.1. The molecule has 3 rings (SSSR count). The summed E-state index contributed by atoms with van der Waals surface area (Å²) < 4.78 is 18.0. The van der Waals surface area contributed by atoms with Crippen molar-refractivity contribution in [2.75, 3.05) is 24.3 Å². The van der Waals surface area contributed by atoms with E-state index in [9.17, 15) is 14.0 Å². The minimum atomic E-state index is -0.650. The van der Waals surface area contributed by atoms with Crippen molar-refractivity contribution in [3.8, 4) is 0 Å². The number of hydrogen-bond acceptors (Lipinski definition) is 6. The Hall–Kier alpha value is -3.81. The van der Waals surface area contributed by atoms with Gasteiger partial charge >= 0.3 is 5.97 Å². The maximum absolute atomic E-state index is 13.1. The normalized spacial score (nSPS) is 11.4. The molecule has 0 aliphatic heterocycles. The van der Waals surface area contributed by atoms with E-state index in [0.29, 0.717) is 17.1 Å². The molecular weight excluding hydrogens is 375 g/mol. The fourth-order valence-electron chi connectivity index (χ4n) is 2.65. The summed E-state index contributed by atoms with van der Waals surface area (Å²) in [5.74, 6) is -1.49. The van der Waals surface area contributed by atoms with E-state index in [4.69, 9.17) is 4.74 Å². The molecule has 2 N–H and O–H groups in total. The summed E-state index contributed by atoms with van der Waals surface area (Å²) in [5, 5.41) is 13.6. The van der Waals surface area contributed by atoms with Gasteiger partial charge in [-0.2, -0.15) is 0 Å². The van der Waals surface area contributed by atoms with E-state index < -0.39 is 11.9 Å². The van der Waals surface area contributed by atoms with Gasteiger partial charge in [-0.3, -0.25) is 9.59 Å². The zero-order valence-corrected chi connectivity index (χ0v) is 15.6. The largest absolute Gasteiger partial charge is 0.468 e. The predicted molar refractivity (Wildman–Crippen MR) is 106 cm³/mol. The Bertz CT molecular complexity index is 963. The lowest BCUT2D eigenvalue weighted by atomic mass is 9.99. The van der Waals surface area contributed by atoms with Crippen molar-refractivity contribution < 1.29 is 18.7 Å². The average Bonchev–Trinajstić information content (AvgIpc) is 2.76. The van der Waals surface area contributed by atoms with Crippen LogP contribution in [0.5, 0.6) is 0 Å². The molecule has 0 radical (unpaired) electrons. The van der Waals surface area contributed by atoms with Crippen LogP contribution in [0.25, 0.3) is 0 Å². The van der Waals surface area contributed by atoms with E-state index in [1.54, 1.807) is 18.2 Å². The molecule has 0 saturated carbocycles. The van der Waals surface area contributed by atoms with Crippen LogP contribution in [0.1, 0.15) is 22.0 Å². The van der Waals surface area contributed by atoms with Gasteiger partial charge in [0.1, 0.15) is 11.6 Å². The number of carbonyl (C=O) groups excluding carboxylic acids is 2. The second-order valence-electron chi connectivity index (χ2n) is 6.13. The minimum absolute atomic E-state index is 0.155. The maximum Gasteiger partial charge on any atom is 0.314 e. The molecule has 1 aromatic heterocycles.